The molecular weight excluding hydrogens is 288 g/mol. The largest absolute Gasteiger partial charge is 0.390 e. The van der Waals surface area contributed by atoms with Crippen molar-refractivity contribution in [3.05, 3.63) is 23.3 Å². The van der Waals surface area contributed by atoms with Crippen LogP contribution in [0.4, 0.5) is 0 Å². The summed E-state index contributed by atoms with van der Waals surface area (Å²) in [6.07, 6.45) is 10.1. The van der Waals surface area contributed by atoms with Gasteiger partial charge in [-0.3, -0.25) is 0 Å². The summed E-state index contributed by atoms with van der Waals surface area (Å²) in [5, 5.41) is 10.7. The van der Waals surface area contributed by atoms with E-state index < -0.39 is 11.7 Å². The minimum absolute atomic E-state index is 0.0265. The Morgan fingerprint density at radius 1 is 1.09 bits per heavy atom. The molecule has 3 rings (SSSR count). The number of aliphatic hydroxyl groups excluding tert-OH is 1. The maximum atomic E-state index is 10.7. The SMILES string of the molecule is C/C1=C\[C@H]2OC(C)(CC[C@@H]2[C@@]2(C)CO2)[C@@H](O)CC/C(C)=C/CC1. The van der Waals surface area contributed by atoms with Gasteiger partial charge in [-0.05, 0) is 66.2 Å². The van der Waals surface area contributed by atoms with Gasteiger partial charge in [0, 0.05) is 5.92 Å². The van der Waals surface area contributed by atoms with Crippen molar-refractivity contribution in [2.24, 2.45) is 5.92 Å². The Bertz CT molecular complexity index is 503. The number of epoxide rings is 1. The molecular formula is C20H32O3. The Morgan fingerprint density at radius 2 is 1.83 bits per heavy atom. The number of aliphatic hydroxyl groups is 1. The molecule has 3 aliphatic rings. The predicted octanol–water partition coefficient (Wildman–Crippen LogP) is 4.16. The van der Waals surface area contributed by atoms with Gasteiger partial charge in [0.1, 0.15) is 0 Å². The van der Waals surface area contributed by atoms with Crippen molar-refractivity contribution in [1.29, 1.82) is 0 Å². The van der Waals surface area contributed by atoms with Crippen molar-refractivity contribution < 1.29 is 14.6 Å². The second-order valence-corrected chi connectivity index (χ2v) is 8.30. The first kappa shape index (κ1) is 17.2. The predicted molar refractivity (Wildman–Crippen MR) is 92.3 cm³/mol. The first-order chi connectivity index (χ1) is 10.8. The summed E-state index contributed by atoms with van der Waals surface area (Å²) in [6.45, 7) is 9.50. The number of ether oxygens (including phenoxy) is 2. The molecule has 0 saturated carbocycles. The molecule has 0 radical (unpaired) electrons. The van der Waals surface area contributed by atoms with E-state index in [1.807, 2.05) is 0 Å². The summed E-state index contributed by atoms with van der Waals surface area (Å²) in [7, 11) is 0. The summed E-state index contributed by atoms with van der Waals surface area (Å²) >= 11 is 0. The minimum Gasteiger partial charge on any atom is -0.390 e. The molecule has 0 amide bonds. The van der Waals surface area contributed by atoms with E-state index in [2.05, 4.69) is 39.8 Å². The van der Waals surface area contributed by atoms with Crippen LogP contribution >= 0.6 is 0 Å². The van der Waals surface area contributed by atoms with Crippen LogP contribution in [-0.2, 0) is 9.47 Å². The highest BCUT2D eigenvalue weighted by Crippen LogP contribution is 2.47. The van der Waals surface area contributed by atoms with E-state index in [9.17, 15) is 5.11 Å². The lowest BCUT2D eigenvalue weighted by Gasteiger charge is -2.46. The first-order valence-electron chi connectivity index (χ1n) is 9.15. The van der Waals surface area contributed by atoms with Crippen molar-refractivity contribution in [2.75, 3.05) is 6.61 Å². The Labute approximate surface area is 140 Å². The highest BCUT2D eigenvalue weighted by atomic mass is 16.6. The number of hydrogen-bond acceptors (Lipinski definition) is 3. The van der Waals surface area contributed by atoms with E-state index in [1.165, 1.54) is 11.1 Å². The molecule has 2 bridgehead atoms. The molecule has 2 fully saturated rings. The molecule has 2 saturated heterocycles. The van der Waals surface area contributed by atoms with Gasteiger partial charge in [0.25, 0.3) is 0 Å². The van der Waals surface area contributed by atoms with Crippen LogP contribution in [0.5, 0.6) is 0 Å². The third-order valence-corrected chi connectivity index (χ3v) is 6.13. The van der Waals surface area contributed by atoms with Crippen molar-refractivity contribution in [1.82, 2.24) is 0 Å². The topological polar surface area (TPSA) is 42.0 Å². The molecule has 0 aromatic heterocycles. The highest BCUT2D eigenvalue weighted by Gasteiger charge is 2.54. The molecule has 0 aliphatic carbocycles. The highest BCUT2D eigenvalue weighted by molar-refractivity contribution is 5.14. The van der Waals surface area contributed by atoms with Crippen LogP contribution in [0.2, 0.25) is 0 Å². The van der Waals surface area contributed by atoms with Crippen molar-refractivity contribution in [3.63, 3.8) is 0 Å². The molecule has 130 valence electrons. The van der Waals surface area contributed by atoms with Crippen molar-refractivity contribution >= 4 is 0 Å². The monoisotopic (exact) mass is 320 g/mol. The smallest absolute Gasteiger partial charge is 0.0944 e. The van der Waals surface area contributed by atoms with Crippen LogP contribution in [0.15, 0.2) is 23.3 Å². The second-order valence-electron chi connectivity index (χ2n) is 8.30. The number of hydrogen-bond donors (Lipinski definition) is 1. The average Bonchev–Trinajstić information content (AvgIpc) is 3.22. The van der Waals surface area contributed by atoms with Gasteiger partial charge >= 0.3 is 0 Å². The molecule has 3 heteroatoms. The zero-order valence-electron chi connectivity index (χ0n) is 15.1. The van der Waals surface area contributed by atoms with Gasteiger partial charge in [0.2, 0.25) is 0 Å². The lowest BCUT2D eigenvalue weighted by atomic mass is 9.76. The summed E-state index contributed by atoms with van der Waals surface area (Å²) in [5.74, 6) is 0.401. The first-order valence-corrected chi connectivity index (χ1v) is 9.15. The van der Waals surface area contributed by atoms with Crippen LogP contribution in [-0.4, -0.2) is 35.1 Å². The summed E-state index contributed by atoms with van der Waals surface area (Å²) in [6, 6.07) is 0. The van der Waals surface area contributed by atoms with Crippen LogP contribution in [0, 0.1) is 5.92 Å². The minimum atomic E-state index is -0.442. The van der Waals surface area contributed by atoms with E-state index >= 15 is 0 Å². The van der Waals surface area contributed by atoms with Crippen LogP contribution in [0.1, 0.15) is 66.2 Å². The summed E-state index contributed by atoms with van der Waals surface area (Å²) in [5.41, 5.74) is 2.29. The van der Waals surface area contributed by atoms with Crippen LogP contribution in [0.25, 0.3) is 0 Å². The molecule has 23 heavy (non-hydrogen) atoms. The zero-order chi connectivity index (χ0) is 16.7. The van der Waals surface area contributed by atoms with Gasteiger partial charge < -0.3 is 14.6 Å². The van der Waals surface area contributed by atoms with Crippen LogP contribution < -0.4 is 0 Å². The van der Waals surface area contributed by atoms with E-state index in [4.69, 9.17) is 9.47 Å². The van der Waals surface area contributed by atoms with E-state index in [0.717, 1.165) is 45.1 Å². The van der Waals surface area contributed by atoms with Crippen molar-refractivity contribution in [2.45, 2.75) is 89.6 Å². The average molecular weight is 320 g/mol. The number of rotatable bonds is 1. The van der Waals surface area contributed by atoms with Gasteiger partial charge in [-0.1, -0.05) is 23.3 Å². The van der Waals surface area contributed by atoms with Gasteiger partial charge in [-0.25, -0.2) is 0 Å². The molecule has 3 nitrogen and oxygen atoms in total. The normalized spacial score (nSPS) is 49.9. The third-order valence-electron chi connectivity index (χ3n) is 6.13. The Balaban J connectivity index is 1.87. The molecule has 0 aromatic carbocycles. The van der Waals surface area contributed by atoms with Gasteiger partial charge in [-0.2, -0.15) is 0 Å². The maximum Gasteiger partial charge on any atom is 0.0944 e. The molecule has 0 spiro atoms. The van der Waals surface area contributed by atoms with E-state index in [1.54, 1.807) is 0 Å². The fourth-order valence-corrected chi connectivity index (χ4v) is 4.12. The molecule has 5 atom stereocenters. The van der Waals surface area contributed by atoms with Crippen molar-refractivity contribution in [3.8, 4) is 0 Å². The maximum absolute atomic E-state index is 10.7. The molecule has 0 aromatic rings. The van der Waals surface area contributed by atoms with E-state index in [-0.39, 0.29) is 11.7 Å². The zero-order valence-corrected chi connectivity index (χ0v) is 15.1. The Kier molecular flexibility index (Phi) is 4.74. The third kappa shape index (κ3) is 3.72. The summed E-state index contributed by atoms with van der Waals surface area (Å²) in [4.78, 5) is 0. The standard InChI is InChI=1S/C20H32O3/c1-14-6-5-7-15(2)12-17-16(20(4)13-22-20)10-11-19(3,23-17)18(21)9-8-14/h6,12,16-18,21H,5,7-11,13H2,1-4H3/b14-6+,15-12+/t16-,17+,18-,19?,20+/m0/s1. The lowest BCUT2D eigenvalue weighted by Crippen LogP contribution is -2.52. The van der Waals surface area contributed by atoms with Gasteiger partial charge in [0.15, 0.2) is 0 Å². The molecule has 3 aliphatic heterocycles. The van der Waals surface area contributed by atoms with Gasteiger partial charge in [0.05, 0.1) is 30.0 Å². The number of allylic oxidation sites excluding steroid dienone is 3. The molecule has 1 N–H and O–H groups in total. The van der Waals surface area contributed by atoms with E-state index in [0.29, 0.717) is 5.92 Å². The Morgan fingerprint density at radius 3 is 2.52 bits per heavy atom. The summed E-state index contributed by atoms with van der Waals surface area (Å²) < 4.78 is 12.2. The lowest BCUT2D eigenvalue weighted by molar-refractivity contribution is -0.185. The van der Waals surface area contributed by atoms with Gasteiger partial charge in [-0.15, -0.1) is 0 Å². The molecule has 3 heterocycles. The fourth-order valence-electron chi connectivity index (χ4n) is 4.12. The second kappa shape index (κ2) is 6.34. The molecule has 1 unspecified atom stereocenters. The van der Waals surface area contributed by atoms with Crippen LogP contribution in [0.3, 0.4) is 0 Å². The fraction of sp³-hybridized carbons (Fsp3) is 0.800. The number of fused-ring (bicyclic) bond motifs is 2. The Hall–Kier alpha value is -0.640. The quantitative estimate of drug-likeness (QED) is 0.583.